The summed E-state index contributed by atoms with van der Waals surface area (Å²) in [4.78, 5) is 24.5. The summed E-state index contributed by atoms with van der Waals surface area (Å²) in [6, 6.07) is 6.49. The van der Waals surface area contributed by atoms with Gasteiger partial charge in [-0.2, -0.15) is 0 Å². The van der Waals surface area contributed by atoms with Crippen molar-refractivity contribution < 1.29 is 14.7 Å². The molecule has 1 aliphatic rings. The molecule has 2 amide bonds. The normalized spacial score (nSPS) is 21.6. The summed E-state index contributed by atoms with van der Waals surface area (Å²) < 4.78 is 0. The number of hydrogen-bond acceptors (Lipinski definition) is 4. The maximum atomic E-state index is 12.0. The molecule has 0 aliphatic carbocycles. The number of phenolic OH excluding ortho intramolecular Hbond substituents is 1. The van der Waals surface area contributed by atoms with E-state index in [4.69, 9.17) is 0 Å². The van der Waals surface area contributed by atoms with Gasteiger partial charge in [0.2, 0.25) is 11.8 Å². The molecule has 1 aromatic rings. The number of para-hydroxylation sites is 1. The van der Waals surface area contributed by atoms with Gasteiger partial charge in [0, 0.05) is 25.1 Å². The van der Waals surface area contributed by atoms with Crippen molar-refractivity contribution in [2.75, 3.05) is 7.05 Å². The molecule has 0 spiro atoms. The molecule has 5 nitrogen and oxygen atoms in total. The number of imide groups is 1. The summed E-state index contributed by atoms with van der Waals surface area (Å²) in [5.74, 6) is -0.146. The van der Waals surface area contributed by atoms with Crippen molar-refractivity contribution in [3.8, 4) is 5.75 Å². The highest BCUT2D eigenvalue weighted by Crippen LogP contribution is 2.24. The van der Waals surface area contributed by atoms with Gasteiger partial charge < -0.3 is 5.11 Å². The third kappa shape index (κ3) is 2.76. The molecule has 19 heavy (non-hydrogen) atoms. The minimum atomic E-state index is -0.377. The maximum Gasteiger partial charge on any atom is 0.246 e. The summed E-state index contributed by atoms with van der Waals surface area (Å²) in [6.45, 7) is 1.89. The summed E-state index contributed by atoms with van der Waals surface area (Å²) >= 11 is 0. The average molecular weight is 262 g/mol. The highest BCUT2D eigenvalue weighted by molar-refractivity contribution is 6.00. The number of aromatic hydroxyl groups is 1. The Hall–Kier alpha value is -1.88. The molecule has 1 heterocycles. The van der Waals surface area contributed by atoms with E-state index < -0.39 is 0 Å². The molecular formula is C14H18N2O3. The van der Waals surface area contributed by atoms with E-state index in [9.17, 15) is 14.7 Å². The van der Waals surface area contributed by atoms with Gasteiger partial charge in [0.25, 0.3) is 0 Å². The molecule has 0 bridgehead atoms. The van der Waals surface area contributed by atoms with Gasteiger partial charge in [0.15, 0.2) is 0 Å². The van der Waals surface area contributed by atoms with Crippen LogP contribution in [0.5, 0.6) is 5.75 Å². The van der Waals surface area contributed by atoms with Crippen molar-refractivity contribution in [2.45, 2.75) is 31.8 Å². The van der Waals surface area contributed by atoms with E-state index in [1.54, 1.807) is 12.1 Å². The van der Waals surface area contributed by atoms with Crippen LogP contribution in [0, 0.1) is 0 Å². The van der Waals surface area contributed by atoms with Crippen LogP contribution in [0.15, 0.2) is 24.3 Å². The second kappa shape index (κ2) is 5.40. The van der Waals surface area contributed by atoms with Gasteiger partial charge in [0.1, 0.15) is 5.75 Å². The molecule has 1 aliphatic heterocycles. The summed E-state index contributed by atoms with van der Waals surface area (Å²) in [6.07, 6.45) is 0.868. The molecule has 1 aromatic carbocycles. The van der Waals surface area contributed by atoms with Gasteiger partial charge in [-0.1, -0.05) is 18.2 Å². The zero-order valence-electron chi connectivity index (χ0n) is 11.1. The number of phenols is 1. The van der Waals surface area contributed by atoms with E-state index in [1.165, 1.54) is 11.9 Å². The lowest BCUT2D eigenvalue weighted by Gasteiger charge is -2.30. The van der Waals surface area contributed by atoms with Gasteiger partial charge in [-0.25, -0.2) is 0 Å². The third-order valence-corrected chi connectivity index (χ3v) is 3.50. The molecular weight excluding hydrogens is 244 g/mol. The number of likely N-dealkylation sites (N-methyl/N-ethyl adjacent to an activating group) is 1. The molecule has 0 radical (unpaired) electrons. The number of carbonyl (C=O) groups excluding carboxylic acids is 2. The number of carbonyl (C=O) groups is 2. The van der Waals surface area contributed by atoms with Crippen LogP contribution >= 0.6 is 0 Å². The van der Waals surface area contributed by atoms with E-state index in [1.807, 2.05) is 19.1 Å². The van der Waals surface area contributed by atoms with Gasteiger partial charge in [-0.3, -0.25) is 19.8 Å². The number of benzene rings is 1. The molecule has 2 rings (SSSR count). The molecule has 0 saturated carbocycles. The largest absolute Gasteiger partial charge is 0.508 e. The first-order valence-corrected chi connectivity index (χ1v) is 6.35. The standard InChI is InChI=1S/C14H18N2O3/c1-9(10-5-3-4-6-12(10)17)15-11-7-8-13(18)16(2)14(11)19/h3-6,9,11,15,17H,7-8H2,1-2H3. The molecule has 2 N–H and O–H groups in total. The predicted octanol–water partition coefficient (Wildman–Crippen LogP) is 1.19. The average Bonchev–Trinajstić information content (AvgIpc) is 2.40. The van der Waals surface area contributed by atoms with Crippen molar-refractivity contribution >= 4 is 11.8 Å². The predicted molar refractivity (Wildman–Crippen MR) is 70.5 cm³/mol. The molecule has 2 atom stereocenters. The Morgan fingerprint density at radius 3 is 2.74 bits per heavy atom. The van der Waals surface area contributed by atoms with E-state index in [-0.39, 0.29) is 29.6 Å². The van der Waals surface area contributed by atoms with Gasteiger partial charge in [0.05, 0.1) is 6.04 Å². The zero-order chi connectivity index (χ0) is 14.0. The van der Waals surface area contributed by atoms with Crippen molar-refractivity contribution in [2.24, 2.45) is 0 Å². The number of likely N-dealkylation sites (tertiary alicyclic amines) is 1. The van der Waals surface area contributed by atoms with E-state index in [0.717, 1.165) is 5.56 Å². The van der Waals surface area contributed by atoms with Crippen molar-refractivity contribution in [3.05, 3.63) is 29.8 Å². The first-order chi connectivity index (χ1) is 9.00. The molecule has 5 heteroatoms. The Morgan fingerprint density at radius 2 is 2.05 bits per heavy atom. The highest BCUT2D eigenvalue weighted by Gasteiger charge is 2.32. The quantitative estimate of drug-likeness (QED) is 0.803. The number of rotatable bonds is 3. The number of amides is 2. The third-order valence-electron chi connectivity index (χ3n) is 3.50. The molecule has 0 aromatic heterocycles. The van der Waals surface area contributed by atoms with Crippen LogP contribution in [0.3, 0.4) is 0 Å². The topological polar surface area (TPSA) is 69.6 Å². The Labute approximate surface area is 112 Å². The molecule has 2 unspecified atom stereocenters. The van der Waals surface area contributed by atoms with Crippen LogP contribution in [0.2, 0.25) is 0 Å². The van der Waals surface area contributed by atoms with Gasteiger partial charge in [-0.05, 0) is 19.4 Å². The second-order valence-electron chi connectivity index (χ2n) is 4.83. The van der Waals surface area contributed by atoms with Crippen LogP contribution in [0.25, 0.3) is 0 Å². The lowest BCUT2D eigenvalue weighted by atomic mass is 10.0. The fourth-order valence-corrected chi connectivity index (χ4v) is 2.32. The molecule has 102 valence electrons. The first-order valence-electron chi connectivity index (χ1n) is 6.35. The van der Waals surface area contributed by atoms with E-state index in [0.29, 0.717) is 12.8 Å². The van der Waals surface area contributed by atoms with Crippen LogP contribution in [0.4, 0.5) is 0 Å². The van der Waals surface area contributed by atoms with Gasteiger partial charge in [-0.15, -0.1) is 0 Å². The highest BCUT2D eigenvalue weighted by atomic mass is 16.3. The number of piperidine rings is 1. The summed E-state index contributed by atoms with van der Waals surface area (Å²) in [7, 11) is 1.50. The smallest absolute Gasteiger partial charge is 0.246 e. The van der Waals surface area contributed by atoms with Crippen LogP contribution in [0.1, 0.15) is 31.4 Å². The number of hydrogen-bond donors (Lipinski definition) is 2. The minimum absolute atomic E-state index is 0.140. The Kier molecular flexibility index (Phi) is 3.85. The molecule has 1 saturated heterocycles. The van der Waals surface area contributed by atoms with Crippen molar-refractivity contribution in [1.29, 1.82) is 0 Å². The fourth-order valence-electron chi connectivity index (χ4n) is 2.32. The van der Waals surface area contributed by atoms with Crippen LogP contribution < -0.4 is 5.32 Å². The SMILES string of the molecule is CC(NC1CCC(=O)N(C)C1=O)c1ccccc1O. The van der Waals surface area contributed by atoms with Crippen LogP contribution in [-0.4, -0.2) is 34.9 Å². The van der Waals surface area contributed by atoms with Crippen molar-refractivity contribution in [1.82, 2.24) is 10.2 Å². The molecule has 1 fully saturated rings. The van der Waals surface area contributed by atoms with Crippen molar-refractivity contribution in [3.63, 3.8) is 0 Å². The van der Waals surface area contributed by atoms with E-state index in [2.05, 4.69) is 5.32 Å². The summed E-state index contributed by atoms with van der Waals surface area (Å²) in [5, 5.41) is 13.0. The number of nitrogens with zero attached hydrogens (tertiary/aromatic N) is 1. The lowest BCUT2D eigenvalue weighted by Crippen LogP contribution is -2.51. The zero-order valence-corrected chi connectivity index (χ0v) is 11.1. The lowest BCUT2D eigenvalue weighted by molar-refractivity contribution is -0.148. The number of nitrogens with one attached hydrogen (secondary N) is 1. The van der Waals surface area contributed by atoms with Crippen LogP contribution in [-0.2, 0) is 9.59 Å². The Bertz CT molecular complexity index is 501. The van der Waals surface area contributed by atoms with Gasteiger partial charge >= 0.3 is 0 Å². The Balaban J connectivity index is 2.07. The monoisotopic (exact) mass is 262 g/mol. The van der Waals surface area contributed by atoms with E-state index >= 15 is 0 Å². The summed E-state index contributed by atoms with van der Waals surface area (Å²) in [5.41, 5.74) is 0.745. The first kappa shape index (κ1) is 13.5. The maximum absolute atomic E-state index is 12.0. The fraction of sp³-hybridized carbons (Fsp3) is 0.429. The Morgan fingerprint density at radius 1 is 1.37 bits per heavy atom. The minimum Gasteiger partial charge on any atom is -0.508 e. The second-order valence-corrected chi connectivity index (χ2v) is 4.83.